The lowest BCUT2D eigenvalue weighted by Gasteiger charge is -2.15. The average molecular weight is 263 g/mol. The molecule has 102 valence electrons. The molecule has 0 aliphatic heterocycles. The van der Waals surface area contributed by atoms with E-state index in [0.717, 1.165) is 16.9 Å². The lowest BCUT2D eigenvalue weighted by Crippen LogP contribution is -2.23. The van der Waals surface area contributed by atoms with Gasteiger partial charge >= 0.3 is 0 Å². The highest BCUT2D eigenvalue weighted by Gasteiger charge is 2.05. The Labute approximate surface area is 110 Å². The van der Waals surface area contributed by atoms with Crippen LogP contribution in [0, 0.1) is 0 Å². The van der Waals surface area contributed by atoms with E-state index in [4.69, 9.17) is 9.47 Å². The minimum absolute atomic E-state index is 0.139. The Morgan fingerprint density at radius 1 is 1.16 bits per heavy atom. The zero-order chi connectivity index (χ0) is 13.7. The number of aromatic amines is 2. The highest BCUT2D eigenvalue weighted by molar-refractivity contribution is 5.62. The molecule has 2 aromatic rings. The van der Waals surface area contributed by atoms with E-state index in [1.165, 1.54) is 6.07 Å². The van der Waals surface area contributed by atoms with Crippen molar-refractivity contribution in [2.24, 2.45) is 0 Å². The van der Waals surface area contributed by atoms with Gasteiger partial charge in [-0.3, -0.25) is 15.0 Å². The fourth-order valence-corrected chi connectivity index (χ4v) is 1.72. The summed E-state index contributed by atoms with van der Waals surface area (Å²) in [5, 5.41) is 8.52. The molecule has 1 aromatic carbocycles. The van der Waals surface area contributed by atoms with Crippen LogP contribution in [0.15, 0.2) is 35.1 Å². The van der Waals surface area contributed by atoms with Crippen LogP contribution >= 0.6 is 0 Å². The molecule has 19 heavy (non-hydrogen) atoms. The summed E-state index contributed by atoms with van der Waals surface area (Å²) in [7, 11) is 3.20. The van der Waals surface area contributed by atoms with Crippen molar-refractivity contribution in [3.05, 3.63) is 40.7 Å². The lowest BCUT2D eigenvalue weighted by molar-refractivity contribution is -0.0914. The molecule has 1 heterocycles. The number of hydrogen-bond donors (Lipinski definition) is 3. The van der Waals surface area contributed by atoms with Crippen LogP contribution in [0.2, 0.25) is 0 Å². The molecular formula is C13H17N3O3. The number of rotatable bonds is 6. The number of benzene rings is 1. The molecule has 0 fully saturated rings. The maximum absolute atomic E-state index is 11.0. The van der Waals surface area contributed by atoms with Gasteiger partial charge in [-0.05, 0) is 17.7 Å². The third kappa shape index (κ3) is 3.46. The number of H-pyrrole nitrogens is 2. The van der Waals surface area contributed by atoms with E-state index in [-0.39, 0.29) is 11.8 Å². The van der Waals surface area contributed by atoms with Crippen molar-refractivity contribution in [1.82, 2.24) is 10.2 Å². The van der Waals surface area contributed by atoms with Gasteiger partial charge in [0.2, 0.25) is 0 Å². The van der Waals surface area contributed by atoms with Gasteiger partial charge in [0.15, 0.2) is 6.29 Å². The fourth-order valence-electron chi connectivity index (χ4n) is 1.72. The molecule has 3 N–H and O–H groups in total. The monoisotopic (exact) mass is 263 g/mol. The molecule has 0 aliphatic carbocycles. The smallest absolute Gasteiger partial charge is 0.264 e. The first-order chi connectivity index (χ1) is 9.22. The molecule has 6 heteroatoms. The average Bonchev–Trinajstić information content (AvgIpc) is 2.87. The van der Waals surface area contributed by atoms with Gasteiger partial charge in [0.1, 0.15) is 0 Å². The highest BCUT2D eigenvalue weighted by Crippen LogP contribution is 2.18. The van der Waals surface area contributed by atoms with Gasteiger partial charge < -0.3 is 14.8 Å². The Balaban J connectivity index is 2.00. The van der Waals surface area contributed by atoms with Crippen LogP contribution in [0.5, 0.6) is 0 Å². The summed E-state index contributed by atoms with van der Waals surface area (Å²) in [4.78, 5) is 11.0. The molecule has 6 nitrogen and oxygen atoms in total. The molecule has 1 aromatic heterocycles. The van der Waals surface area contributed by atoms with Crippen molar-refractivity contribution in [2.45, 2.75) is 6.29 Å². The highest BCUT2D eigenvalue weighted by atomic mass is 16.7. The molecule has 2 rings (SSSR count). The molecule has 0 saturated carbocycles. The first kappa shape index (κ1) is 13.4. The molecule has 0 atom stereocenters. The van der Waals surface area contributed by atoms with Crippen LogP contribution in [0.1, 0.15) is 0 Å². The third-order valence-corrected chi connectivity index (χ3v) is 2.79. The number of anilines is 1. The van der Waals surface area contributed by atoms with Gasteiger partial charge in [-0.15, -0.1) is 0 Å². The van der Waals surface area contributed by atoms with Gasteiger partial charge in [-0.25, -0.2) is 0 Å². The van der Waals surface area contributed by atoms with Crippen molar-refractivity contribution in [2.75, 3.05) is 26.1 Å². The molecule has 0 unspecified atom stereocenters. The van der Waals surface area contributed by atoms with Crippen LogP contribution < -0.4 is 10.9 Å². The van der Waals surface area contributed by atoms with Crippen molar-refractivity contribution >= 4 is 5.69 Å². The van der Waals surface area contributed by atoms with E-state index in [2.05, 4.69) is 15.5 Å². The van der Waals surface area contributed by atoms with Gasteiger partial charge in [0.25, 0.3) is 5.56 Å². The molecule has 0 bridgehead atoms. The summed E-state index contributed by atoms with van der Waals surface area (Å²) in [6.07, 6.45) is -0.277. The molecule has 0 aliphatic rings. The maximum Gasteiger partial charge on any atom is 0.264 e. The zero-order valence-electron chi connectivity index (χ0n) is 10.9. The number of methoxy groups -OCH3 is 2. The van der Waals surface area contributed by atoms with Crippen LogP contribution in [-0.4, -0.2) is 37.3 Å². The normalized spacial score (nSPS) is 10.9. The van der Waals surface area contributed by atoms with Crippen LogP contribution in [0.25, 0.3) is 11.3 Å². The zero-order valence-corrected chi connectivity index (χ0v) is 10.9. The predicted molar refractivity (Wildman–Crippen MR) is 73.1 cm³/mol. The summed E-state index contributed by atoms with van der Waals surface area (Å²) in [6.45, 7) is 0.563. The Morgan fingerprint density at radius 2 is 1.84 bits per heavy atom. The Kier molecular flexibility index (Phi) is 4.38. The van der Waals surface area contributed by atoms with Gasteiger partial charge in [-0.1, -0.05) is 12.1 Å². The van der Waals surface area contributed by atoms with E-state index in [0.29, 0.717) is 6.54 Å². The SMILES string of the molecule is COC(CNc1ccc(-c2cc(=O)[nH][nH]2)cc1)OC. The van der Waals surface area contributed by atoms with Crippen molar-refractivity contribution in [3.63, 3.8) is 0 Å². The summed E-state index contributed by atoms with van der Waals surface area (Å²) >= 11 is 0. The van der Waals surface area contributed by atoms with E-state index in [1.54, 1.807) is 14.2 Å². The van der Waals surface area contributed by atoms with E-state index < -0.39 is 0 Å². The summed E-state index contributed by atoms with van der Waals surface area (Å²) < 4.78 is 10.2. The minimum atomic E-state index is -0.277. The Hall–Kier alpha value is -2.05. The third-order valence-electron chi connectivity index (χ3n) is 2.79. The lowest BCUT2D eigenvalue weighted by atomic mass is 10.1. The number of nitrogens with one attached hydrogen (secondary N) is 3. The quantitative estimate of drug-likeness (QED) is 0.688. The number of aromatic nitrogens is 2. The Morgan fingerprint density at radius 3 is 2.37 bits per heavy atom. The maximum atomic E-state index is 11.0. The van der Waals surface area contributed by atoms with E-state index >= 15 is 0 Å². The molecule has 0 saturated heterocycles. The largest absolute Gasteiger partial charge is 0.380 e. The van der Waals surface area contributed by atoms with E-state index in [9.17, 15) is 4.79 Å². The van der Waals surface area contributed by atoms with Crippen LogP contribution in [0.4, 0.5) is 5.69 Å². The Bertz CT molecular complexity index is 555. The summed E-state index contributed by atoms with van der Waals surface area (Å²) in [5.41, 5.74) is 2.53. The molecule has 0 spiro atoms. The van der Waals surface area contributed by atoms with Crippen molar-refractivity contribution < 1.29 is 9.47 Å². The van der Waals surface area contributed by atoms with Gasteiger partial charge in [0, 0.05) is 26.0 Å². The van der Waals surface area contributed by atoms with Gasteiger partial charge in [-0.2, -0.15) is 0 Å². The second-order valence-corrected chi connectivity index (χ2v) is 4.03. The van der Waals surface area contributed by atoms with Crippen LogP contribution in [0.3, 0.4) is 0 Å². The first-order valence-electron chi connectivity index (χ1n) is 5.90. The van der Waals surface area contributed by atoms with Crippen LogP contribution in [-0.2, 0) is 9.47 Å². The number of ether oxygens (including phenoxy) is 2. The van der Waals surface area contributed by atoms with Crippen molar-refractivity contribution in [3.8, 4) is 11.3 Å². The number of hydrogen-bond acceptors (Lipinski definition) is 4. The summed E-state index contributed by atoms with van der Waals surface area (Å²) in [5.74, 6) is 0. The minimum Gasteiger partial charge on any atom is -0.380 e. The van der Waals surface area contributed by atoms with Crippen molar-refractivity contribution in [1.29, 1.82) is 0 Å². The topological polar surface area (TPSA) is 79.1 Å². The first-order valence-corrected chi connectivity index (χ1v) is 5.90. The summed E-state index contributed by atoms with van der Waals surface area (Å²) in [6, 6.07) is 9.24. The fraction of sp³-hybridized carbons (Fsp3) is 0.308. The standard InChI is InChI=1S/C13H17N3O3/c1-18-13(19-2)8-14-10-5-3-9(4-6-10)11-7-12(17)16-15-11/h3-7,13-14H,8H2,1-2H3,(H2,15,16,17). The van der Waals surface area contributed by atoms with E-state index in [1.807, 2.05) is 24.3 Å². The molecule has 0 radical (unpaired) electrons. The molecular weight excluding hydrogens is 246 g/mol. The second-order valence-electron chi connectivity index (χ2n) is 4.03. The predicted octanol–water partition coefficient (Wildman–Crippen LogP) is 1.40. The van der Waals surface area contributed by atoms with Gasteiger partial charge in [0.05, 0.1) is 12.2 Å². The second kappa shape index (κ2) is 6.21. The molecule has 0 amide bonds.